The standard InChI is InChI=1S/C22H18Br2ClNO/c1-14-5-3-8-21(15(14)2)26-12-17-10-18(23)11-20(24)22(17)27-13-16-6-4-7-19(25)9-16/h3-12H,13H2,1-2H3. The average molecular weight is 508 g/mol. The fraction of sp³-hybridized carbons (Fsp3) is 0.136. The quantitative estimate of drug-likeness (QED) is 0.323. The lowest BCUT2D eigenvalue weighted by atomic mass is 10.1. The molecule has 0 N–H and O–H groups in total. The Balaban J connectivity index is 1.90. The number of rotatable bonds is 5. The van der Waals surface area contributed by atoms with Crippen LogP contribution < -0.4 is 4.74 Å². The van der Waals surface area contributed by atoms with Crippen molar-refractivity contribution in [3.8, 4) is 5.75 Å². The van der Waals surface area contributed by atoms with Crippen LogP contribution in [0.5, 0.6) is 5.75 Å². The van der Waals surface area contributed by atoms with E-state index in [4.69, 9.17) is 16.3 Å². The Bertz CT molecular complexity index is 1000. The highest BCUT2D eigenvalue weighted by Gasteiger charge is 2.10. The van der Waals surface area contributed by atoms with Crippen molar-refractivity contribution in [2.45, 2.75) is 20.5 Å². The molecule has 138 valence electrons. The number of aliphatic imine (C=N–C) groups is 1. The topological polar surface area (TPSA) is 21.6 Å². The molecule has 0 saturated carbocycles. The van der Waals surface area contributed by atoms with Crippen LogP contribution in [0, 0.1) is 13.8 Å². The minimum absolute atomic E-state index is 0.422. The van der Waals surface area contributed by atoms with Crippen LogP contribution in [0.1, 0.15) is 22.3 Å². The number of aryl methyl sites for hydroxylation is 1. The van der Waals surface area contributed by atoms with E-state index >= 15 is 0 Å². The van der Waals surface area contributed by atoms with Crippen molar-refractivity contribution in [3.63, 3.8) is 0 Å². The number of benzene rings is 3. The lowest BCUT2D eigenvalue weighted by Crippen LogP contribution is -1.99. The zero-order chi connectivity index (χ0) is 19.4. The summed E-state index contributed by atoms with van der Waals surface area (Å²) in [5.74, 6) is 0.743. The fourth-order valence-electron chi connectivity index (χ4n) is 2.63. The van der Waals surface area contributed by atoms with E-state index in [0.29, 0.717) is 11.6 Å². The minimum Gasteiger partial charge on any atom is -0.487 e. The first-order valence-corrected chi connectivity index (χ1v) is 10.4. The van der Waals surface area contributed by atoms with Gasteiger partial charge in [0, 0.05) is 21.3 Å². The van der Waals surface area contributed by atoms with Gasteiger partial charge in [-0.15, -0.1) is 0 Å². The Morgan fingerprint density at radius 2 is 1.81 bits per heavy atom. The van der Waals surface area contributed by atoms with Gasteiger partial charge in [-0.05, 0) is 76.8 Å². The number of ether oxygens (including phenoxy) is 1. The van der Waals surface area contributed by atoms with E-state index in [1.165, 1.54) is 11.1 Å². The maximum absolute atomic E-state index is 6.09. The molecule has 27 heavy (non-hydrogen) atoms. The van der Waals surface area contributed by atoms with Crippen molar-refractivity contribution >= 4 is 55.4 Å². The lowest BCUT2D eigenvalue weighted by molar-refractivity contribution is 0.304. The number of hydrogen-bond donors (Lipinski definition) is 0. The van der Waals surface area contributed by atoms with Crippen molar-refractivity contribution in [2.75, 3.05) is 0 Å². The van der Waals surface area contributed by atoms with Gasteiger partial charge >= 0.3 is 0 Å². The zero-order valence-electron chi connectivity index (χ0n) is 15.0. The van der Waals surface area contributed by atoms with E-state index in [-0.39, 0.29) is 0 Å². The molecule has 0 aliphatic rings. The molecule has 0 aliphatic heterocycles. The molecule has 0 bridgehead atoms. The van der Waals surface area contributed by atoms with Crippen LogP contribution in [-0.4, -0.2) is 6.21 Å². The third-order valence-electron chi connectivity index (χ3n) is 4.23. The first kappa shape index (κ1) is 20.1. The van der Waals surface area contributed by atoms with Crippen LogP contribution in [0.2, 0.25) is 5.02 Å². The van der Waals surface area contributed by atoms with Gasteiger partial charge in [-0.3, -0.25) is 4.99 Å². The third kappa shape index (κ3) is 5.22. The summed E-state index contributed by atoms with van der Waals surface area (Å²) < 4.78 is 7.90. The van der Waals surface area contributed by atoms with Gasteiger partial charge in [0.1, 0.15) is 12.4 Å². The molecule has 0 atom stereocenters. The van der Waals surface area contributed by atoms with Crippen LogP contribution >= 0.6 is 43.5 Å². The second-order valence-electron chi connectivity index (χ2n) is 6.20. The van der Waals surface area contributed by atoms with E-state index in [9.17, 15) is 0 Å². The summed E-state index contributed by atoms with van der Waals surface area (Å²) in [7, 11) is 0. The molecule has 0 heterocycles. The van der Waals surface area contributed by atoms with Crippen molar-refractivity contribution in [3.05, 3.63) is 90.8 Å². The summed E-state index contributed by atoms with van der Waals surface area (Å²) in [5.41, 5.74) is 5.24. The molecule has 0 amide bonds. The molecule has 5 heteroatoms. The molecule has 0 unspecified atom stereocenters. The summed E-state index contributed by atoms with van der Waals surface area (Å²) in [4.78, 5) is 4.68. The SMILES string of the molecule is Cc1cccc(N=Cc2cc(Br)cc(Br)c2OCc2cccc(Cl)c2)c1C. The first-order valence-electron chi connectivity index (χ1n) is 8.40. The van der Waals surface area contributed by atoms with Crippen LogP contribution in [0.3, 0.4) is 0 Å². The highest BCUT2D eigenvalue weighted by Crippen LogP contribution is 2.33. The van der Waals surface area contributed by atoms with Gasteiger partial charge in [-0.2, -0.15) is 0 Å². The maximum atomic E-state index is 6.09. The highest BCUT2D eigenvalue weighted by molar-refractivity contribution is 9.11. The van der Waals surface area contributed by atoms with Gasteiger partial charge in [-0.25, -0.2) is 0 Å². The molecular weight excluding hydrogens is 490 g/mol. The van der Waals surface area contributed by atoms with Crippen molar-refractivity contribution < 1.29 is 4.74 Å². The van der Waals surface area contributed by atoms with Gasteiger partial charge in [0.2, 0.25) is 0 Å². The molecule has 0 aromatic heterocycles. The summed E-state index contributed by atoms with van der Waals surface area (Å²) in [6, 6.07) is 17.7. The van der Waals surface area contributed by atoms with Crippen molar-refractivity contribution in [1.29, 1.82) is 0 Å². The molecule has 3 rings (SSSR count). The summed E-state index contributed by atoms with van der Waals surface area (Å²) >= 11 is 13.2. The monoisotopic (exact) mass is 505 g/mol. The van der Waals surface area contributed by atoms with Gasteiger partial charge in [0.15, 0.2) is 0 Å². The molecule has 0 fully saturated rings. The van der Waals surface area contributed by atoms with Crippen LogP contribution in [0.15, 0.2) is 68.5 Å². The molecular formula is C22H18Br2ClNO. The fourth-order valence-corrected chi connectivity index (χ4v) is 4.21. The molecule has 0 spiro atoms. The summed E-state index contributed by atoms with van der Waals surface area (Å²) in [6.45, 7) is 4.59. The first-order chi connectivity index (χ1) is 12.9. The smallest absolute Gasteiger partial charge is 0.142 e. The minimum atomic E-state index is 0.422. The summed E-state index contributed by atoms with van der Waals surface area (Å²) in [6.07, 6.45) is 1.84. The molecule has 3 aromatic rings. The lowest BCUT2D eigenvalue weighted by Gasteiger charge is -2.12. The number of halogens is 3. The predicted molar refractivity (Wildman–Crippen MR) is 121 cm³/mol. The second-order valence-corrected chi connectivity index (χ2v) is 8.41. The van der Waals surface area contributed by atoms with Gasteiger partial charge in [0.05, 0.1) is 10.2 Å². The van der Waals surface area contributed by atoms with E-state index < -0.39 is 0 Å². The normalized spacial score (nSPS) is 11.1. The van der Waals surface area contributed by atoms with E-state index in [1.807, 2.05) is 54.7 Å². The Labute approximate surface area is 181 Å². The molecule has 0 radical (unpaired) electrons. The number of nitrogens with zero attached hydrogens (tertiary/aromatic N) is 1. The van der Waals surface area contributed by atoms with Crippen LogP contribution in [0.25, 0.3) is 0 Å². The highest BCUT2D eigenvalue weighted by atomic mass is 79.9. The molecule has 0 saturated heterocycles. The van der Waals surface area contributed by atoms with Crippen molar-refractivity contribution in [2.24, 2.45) is 4.99 Å². The van der Waals surface area contributed by atoms with Gasteiger partial charge in [0.25, 0.3) is 0 Å². The maximum Gasteiger partial charge on any atom is 0.142 e. The van der Waals surface area contributed by atoms with Crippen molar-refractivity contribution in [1.82, 2.24) is 0 Å². The van der Waals surface area contributed by atoms with E-state index in [1.54, 1.807) is 0 Å². The Kier molecular flexibility index (Phi) is 6.74. The zero-order valence-corrected chi connectivity index (χ0v) is 18.9. The second kappa shape index (κ2) is 9.05. The van der Waals surface area contributed by atoms with Crippen LogP contribution in [0.4, 0.5) is 5.69 Å². The molecule has 3 aromatic carbocycles. The van der Waals surface area contributed by atoms with Gasteiger partial charge in [-0.1, -0.05) is 51.8 Å². The Hall–Kier alpha value is -1.62. The molecule has 2 nitrogen and oxygen atoms in total. The Morgan fingerprint density at radius 3 is 2.59 bits per heavy atom. The number of hydrogen-bond acceptors (Lipinski definition) is 2. The average Bonchev–Trinajstić information content (AvgIpc) is 2.62. The van der Waals surface area contributed by atoms with Gasteiger partial charge < -0.3 is 4.74 Å². The van der Waals surface area contributed by atoms with E-state index in [2.05, 4.69) is 56.8 Å². The Morgan fingerprint density at radius 1 is 1.04 bits per heavy atom. The van der Waals surface area contributed by atoms with Crippen LogP contribution in [-0.2, 0) is 6.61 Å². The third-order valence-corrected chi connectivity index (χ3v) is 5.51. The van der Waals surface area contributed by atoms with E-state index in [0.717, 1.165) is 31.5 Å². The molecule has 0 aliphatic carbocycles. The predicted octanol–water partition coefficient (Wildman–Crippen LogP) is 7.81. The largest absolute Gasteiger partial charge is 0.487 e. The summed E-state index contributed by atoms with van der Waals surface area (Å²) in [5, 5.41) is 0.697.